The molecule has 19 heavy (non-hydrogen) atoms. The number of methoxy groups -OCH3 is 1. The van der Waals surface area contributed by atoms with Crippen LogP contribution in [0.3, 0.4) is 0 Å². The molecule has 1 unspecified atom stereocenters. The quantitative estimate of drug-likeness (QED) is 0.777. The Morgan fingerprint density at radius 3 is 2.89 bits per heavy atom. The van der Waals surface area contributed by atoms with Gasteiger partial charge in [0.1, 0.15) is 5.60 Å². The molecule has 1 aromatic heterocycles. The average molecular weight is 263 g/mol. The highest BCUT2D eigenvalue weighted by Gasteiger charge is 2.49. The highest BCUT2D eigenvalue weighted by atomic mass is 16.5. The molecule has 1 aromatic rings. The Morgan fingerprint density at radius 1 is 1.47 bits per heavy atom. The van der Waals surface area contributed by atoms with Gasteiger partial charge in [0.15, 0.2) is 0 Å². The van der Waals surface area contributed by atoms with Gasteiger partial charge in [-0.25, -0.2) is 9.97 Å². The van der Waals surface area contributed by atoms with E-state index in [1.165, 1.54) is 0 Å². The lowest BCUT2D eigenvalue weighted by Crippen LogP contribution is -2.67. The Bertz CT molecular complexity index is 459. The van der Waals surface area contributed by atoms with Crippen LogP contribution in [0.5, 0.6) is 0 Å². The molecule has 6 nitrogen and oxygen atoms in total. The van der Waals surface area contributed by atoms with Crippen molar-refractivity contribution < 1.29 is 14.3 Å². The minimum atomic E-state index is -0.219. The summed E-state index contributed by atoms with van der Waals surface area (Å²) in [7, 11) is 1.73. The first-order valence-electron chi connectivity index (χ1n) is 6.45. The molecule has 3 rings (SSSR count). The van der Waals surface area contributed by atoms with E-state index in [0.717, 1.165) is 12.8 Å². The first kappa shape index (κ1) is 12.5. The van der Waals surface area contributed by atoms with Gasteiger partial charge in [0.2, 0.25) is 5.82 Å². The fourth-order valence-electron chi connectivity index (χ4n) is 2.75. The van der Waals surface area contributed by atoms with E-state index in [1.807, 2.05) is 0 Å². The van der Waals surface area contributed by atoms with Crippen LogP contribution in [0.2, 0.25) is 0 Å². The number of hydrogen-bond acceptors (Lipinski definition) is 5. The Hall–Kier alpha value is -1.53. The van der Waals surface area contributed by atoms with Gasteiger partial charge in [0.25, 0.3) is 5.91 Å². The van der Waals surface area contributed by atoms with Crippen LogP contribution in [0.25, 0.3) is 0 Å². The molecule has 0 aromatic carbocycles. The Kier molecular flexibility index (Phi) is 3.20. The Labute approximate surface area is 111 Å². The van der Waals surface area contributed by atoms with E-state index in [2.05, 4.69) is 9.97 Å². The molecule has 0 radical (unpaired) electrons. The predicted molar refractivity (Wildman–Crippen MR) is 66.6 cm³/mol. The second-order valence-corrected chi connectivity index (χ2v) is 5.12. The molecule has 1 atom stereocenters. The number of hydrogen-bond donors (Lipinski definition) is 0. The molecule has 0 N–H and O–H groups in total. The van der Waals surface area contributed by atoms with Gasteiger partial charge in [-0.15, -0.1) is 0 Å². The third-order valence-corrected chi connectivity index (χ3v) is 3.78. The van der Waals surface area contributed by atoms with Crippen LogP contribution in [0.15, 0.2) is 18.5 Å². The number of amides is 1. The number of rotatable bonds is 2. The molecule has 0 bridgehead atoms. The molecule has 102 valence electrons. The molecule has 0 aliphatic carbocycles. The highest BCUT2D eigenvalue weighted by Crippen LogP contribution is 2.35. The lowest BCUT2D eigenvalue weighted by atomic mass is 9.84. The molecule has 6 heteroatoms. The largest absolute Gasteiger partial charge is 0.381 e. The molecule has 0 saturated carbocycles. The van der Waals surface area contributed by atoms with Crippen molar-refractivity contribution in [2.45, 2.75) is 24.5 Å². The number of aromatic nitrogens is 2. The summed E-state index contributed by atoms with van der Waals surface area (Å²) in [5, 5.41) is 0. The van der Waals surface area contributed by atoms with Gasteiger partial charge in [-0.1, -0.05) is 0 Å². The molecule has 1 amide bonds. The van der Waals surface area contributed by atoms with Crippen molar-refractivity contribution in [2.75, 3.05) is 26.8 Å². The van der Waals surface area contributed by atoms with Crippen LogP contribution in [0.4, 0.5) is 0 Å². The Balaban J connectivity index is 1.62. The minimum Gasteiger partial charge on any atom is -0.381 e. The topological polar surface area (TPSA) is 64.6 Å². The molecule has 2 saturated heterocycles. The van der Waals surface area contributed by atoms with Crippen LogP contribution in [-0.4, -0.2) is 59.3 Å². The lowest BCUT2D eigenvalue weighted by Gasteiger charge is -2.52. The maximum absolute atomic E-state index is 12.1. The van der Waals surface area contributed by atoms with E-state index in [-0.39, 0.29) is 23.4 Å². The van der Waals surface area contributed by atoms with E-state index in [9.17, 15) is 4.79 Å². The normalized spacial score (nSPS) is 25.1. The molecule has 2 fully saturated rings. The van der Waals surface area contributed by atoms with Crippen molar-refractivity contribution >= 4 is 5.91 Å². The van der Waals surface area contributed by atoms with Gasteiger partial charge >= 0.3 is 0 Å². The summed E-state index contributed by atoms with van der Waals surface area (Å²) in [5.41, 5.74) is -0.219. The van der Waals surface area contributed by atoms with Crippen LogP contribution in [0.1, 0.15) is 23.5 Å². The monoisotopic (exact) mass is 263 g/mol. The van der Waals surface area contributed by atoms with E-state index in [1.54, 1.807) is 30.5 Å². The standard InChI is InChI=1S/C13H17N3O3/c1-18-10-3-6-19-13(7-10)8-16(9-13)12(17)11-14-4-2-5-15-11/h2,4-5,10H,3,6-9H2,1H3. The average Bonchev–Trinajstić information content (AvgIpc) is 2.45. The zero-order valence-electron chi connectivity index (χ0n) is 10.9. The number of nitrogens with zero attached hydrogens (tertiary/aromatic N) is 3. The predicted octanol–water partition coefficient (Wildman–Crippen LogP) is 0.497. The van der Waals surface area contributed by atoms with Gasteiger partial charge in [-0.3, -0.25) is 4.79 Å². The summed E-state index contributed by atoms with van der Waals surface area (Å²) in [6.45, 7) is 1.90. The third-order valence-electron chi connectivity index (χ3n) is 3.78. The minimum absolute atomic E-state index is 0.130. The maximum Gasteiger partial charge on any atom is 0.291 e. The number of carbonyl (C=O) groups excluding carboxylic acids is 1. The number of carbonyl (C=O) groups is 1. The van der Waals surface area contributed by atoms with Crippen LogP contribution >= 0.6 is 0 Å². The van der Waals surface area contributed by atoms with Crippen molar-refractivity contribution in [1.82, 2.24) is 14.9 Å². The summed E-state index contributed by atoms with van der Waals surface area (Å²) in [4.78, 5) is 21.8. The first-order chi connectivity index (χ1) is 9.22. The van der Waals surface area contributed by atoms with Gasteiger partial charge in [0, 0.05) is 32.5 Å². The zero-order valence-corrected chi connectivity index (χ0v) is 10.9. The van der Waals surface area contributed by atoms with Crippen molar-refractivity contribution in [3.05, 3.63) is 24.3 Å². The van der Waals surface area contributed by atoms with Crippen molar-refractivity contribution in [2.24, 2.45) is 0 Å². The number of ether oxygens (including phenoxy) is 2. The molecular formula is C13H17N3O3. The number of likely N-dealkylation sites (tertiary alicyclic amines) is 1. The summed E-state index contributed by atoms with van der Waals surface area (Å²) < 4.78 is 11.2. The second kappa shape index (κ2) is 4.86. The van der Waals surface area contributed by atoms with E-state index < -0.39 is 0 Å². The van der Waals surface area contributed by atoms with Crippen LogP contribution < -0.4 is 0 Å². The molecular weight excluding hydrogens is 246 g/mol. The van der Waals surface area contributed by atoms with Crippen LogP contribution in [-0.2, 0) is 9.47 Å². The molecule has 1 spiro atoms. The second-order valence-electron chi connectivity index (χ2n) is 5.12. The van der Waals surface area contributed by atoms with Crippen molar-refractivity contribution in [1.29, 1.82) is 0 Å². The van der Waals surface area contributed by atoms with E-state index in [0.29, 0.717) is 19.7 Å². The molecule has 2 aliphatic heterocycles. The first-order valence-corrected chi connectivity index (χ1v) is 6.45. The summed E-state index contributed by atoms with van der Waals surface area (Å²) in [6, 6.07) is 1.70. The summed E-state index contributed by atoms with van der Waals surface area (Å²) in [6.07, 6.45) is 5.16. The fraction of sp³-hybridized carbons (Fsp3) is 0.615. The Morgan fingerprint density at radius 2 is 2.21 bits per heavy atom. The maximum atomic E-state index is 12.1. The van der Waals surface area contributed by atoms with E-state index in [4.69, 9.17) is 9.47 Å². The smallest absolute Gasteiger partial charge is 0.291 e. The lowest BCUT2D eigenvalue weighted by molar-refractivity contribution is -0.182. The summed E-state index contributed by atoms with van der Waals surface area (Å²) in [5.74, 6) is 0.116. The zero-order chi connectivity index (χ0) is 13.3. The van der Waals surface area contributed by atoms with Crippen LogP contribution in [0, 0.1) is 0 Å². The fourth-order valence-corrected chi connectivity index (χ4v) is 2.75. The molecule has 2 aliphatic rings. The highest BCUT2D eigenvalue weighted by molar-refractivity contribution is 5.91. The third kappa shape index (κ3) is 2.33. The van der Waals surface area contributed by atoms with Crippen molar-refractivity contribution in [3.63, 3.8) is 0 Å². The molecule has 3 heterocycles. The van der Waals surface area contributed by atoms with Gasteiger partial charge in [0.05, 0.1) is 19.2 Å². The van der Waals surface area contributed by atoms with Crippen molar-refractivity contribution in [3.8, 4) is 0 Å². The SMILES string of the molecule is COC1CCOC2(C1)CN(C(=O)c1ncccn1)C2. The van der Waals surface area contributed by atoms with E-state index >= 15 is 0 Å². The van der Waals surface area contributed by atoms with Gasteiger partial charge < -0.3 is 14.4 Å². The van der Waals surface area contributed by atoms with Gasteiger partial charge in [-0.2, -0.15) is 0 Å². The summed E-state index contributed by atoms with van der Waals surface area (Å²) >= 11 is 0. The van der Waals surface area contributed by atoms with Gasteiger partial charge in [-0.05, 0) is 12.5 Å².